The van der Waals surface area contributed by atoms with E-state index in [1.165, 1.54) is 0 Å². The van der Waals surface area contributed by atoms with Crippen molar-refractivity contribution in [2.45, 2.75) is 0 Å². The number of hydrogen-bond acceptors (Lipinski definition) is 8. The molecule has 1 N–H and O–H groups in total. The van der Waals surface area contributed by atoms with Crippen molar-refractivity contribution in [3.8, 4) is 45.6 Å². The minimum atomic E-state index is 0.0401. The zero-order chi connectivity index (χ0) is 21.8. The number of methoxy groups -OCH3 is 3. The summed E-state index contributed by atoms with van der Waals surface area (Å²) in [4.78, 5) is 0. The van der Waals surface area contributed by atoms with Gasteiger partial charge in [0.2, 0.25) is 6.79 Å². The maximum absolute atomic E-state index is 10.8. The molecule has 1 heterocycles. The molecule has 0 spiro atoms. The van der Waals surface area contributed by atoms with E-state index in [0.29, 0.717) is 47.3 Å². The monoisotopic (exact) mass is 428 g/mol. The minimum absolute atomic E-state index is 0.0401. The molecule has 0 bridgehead atoms. The molecule has 0 saturated carbocycles. The van der Waals surface area contributed by atoms with E-state index in [2.05, 4.69) is 0 Å². The van der Waals surface area contributed by atoms with Crippen LogP contribution < -0.4 is 23.7 Å². The number of rotatable bonds is 9. The highest BCUT2D eigenvalue weighted by atomic mass is 16.7. The Labute approximate surface area is 179 Å². The Morgan fingerprint density at radius 2 is 1.61 bits per heavy atom. The largest absolute Gasteiger partial charge is 0.507 e. The number of fused-ring (bicyclic) bond motifs is 2. The average Bonchev–Trinajstić information content (AvgIpc) is 3.25. The summed E-state index contributed by atoms with van der Waals surface area (Å²) in [5.74, 6) is 2.96. The van der Waals surface area contributed by atoms with Crippen molar-refractivity contribution in [2.24, 2.45) is 0 Å². The Kier molecular flexibility index (Phi) is 6.20. The van der Waals surface area contributed by atoms with Crippen molar-refractivity contribution in [1.29, 1.82) is 0 Å². The number of phenols is 1. The lowest BCUT2D eigenvalue weighted by molar-refractivity contribution is -0.00938. The Morgan fingerprint density at radius 1 is 0.839 bits per heavy atom. The molecule has 0 radical (unpaired) electrons. The molecule has 1 aliphatic heterocycles. The first kappa shape index (κ1) is 20.9. The first-order valence-electron chi connectivity index (χ1n) is 9.67. The average molecular weight is 428 g/mol. The first-order valence-corrected chi connectivity index (χ1v) is 9.67. The van der Waals surface area contributed by atoms with Gasteiger partial charge >= 0.3 is 0 Å². The molecule has 0 fully saturated rings. The summed E-state index contributed by atoms with van der Waals surface area (Å²) >= 11 is 0. The molecule has 1 aliphatic rings. The fourth-order valence-electron chi connectivity index (χ4n) is 3.40. The molecule has 8 heteroatoms. The van der Waals surface area contributed by atoms with E-state index in [9.17, 15) is 5.11 Å². The van der Waals surface area contributed by atoms with Gasteiger partial charge in [-0.2, -0.15) is 0 Å². The third-order valence-corrected chi connectivity index (χ3v) is 4.95. The molecule has 4 rings (SSSR count). The summed E-state index contributed by atoms with van der Waals surface area (Å²) in [6, 6.07) is 10.8. The molecule has 0 unspecified atom stereocenters. The highest BCUT2D eigenvalue weighted by molar-refractivity contribution is 5.95. The van der Waals surface area contributed by atoms with Gasteiger partial charge in [0, 0.05) is 24.1 Å². The van der Waals surface area contributed by atoms with E-state index in [0.717, 1.165) is 16.5 Å². The number of phenolic OH excluding ortho intramolecular Hbond substituents is 1. The second-order valence-electron chi connectivity index (χ2n) is 6.79. The van der Waals surface area contributed by atoms with Gasteiger partial charge in [0.25, 0.3) is 0 Å². The molecule has 0 aliphatic carbocycles. The summed E-state index contributed by atoms with van der Waals surface area (Å²) in [6.07, 6.45) is 0. The van der Waals surface area contributed by atoms with Gasteiger partial charge in [-0.3, -0.25) is 0 Å². The molecule has 8 nitrogen and oxygen atoms in total. The zero-order valence-corrected chi connectivity index (χ0v) is 17.6. The van der Waals surface area contributed by atoms with Crippen molar-refractivity contribution in [1.82, 2.24) is 0 Å². The molecule has 0 aromatic heterocycles. The number of hydrogen-bond donors (Lipinski definition) is 1. The van der Waals surface area contributed by atoms with Crippen LogP contribution in [-0.4, -0.2) is 53.2 Å². The summed E-state index contributed by atoms with van der Waals surface area (Å²) in [6.45, 7) is 1.10. The van der Waals surface area contributed by atoms with E-state index in [-0.39, 0.29) is 19.3 Å². The molecule has 3 aromatic carbocycles. The van der Waals surface area contributed by atoms with Crippen LogP contribution in [0.15, 0.2) is 36.4 Å². The van der Waals surface area contributed by atoms with E-state index < -0.39 is 0 Å². The van der Waals surface area contributed by atoms with Gasteiger partial charge in [-0.15, -0.1) is 0 Å². The number of aromatic hydroxyl groups is 1. The Morgan fingerprint density at radius 3 is 2.35 bits per heavy atom. The van der Waals surface area contributed by atoms with Crippen LogP contribution in [0.25, 0.3) is 21.9 Å². The maximum Gasteiger partial charge on any atom is 0.231 e. The van der Waals surface area contributed by atoms with Gasteiger partial charge in [0.15, 0.2) is 29.8 Å². The van der Waals surface area contributed by atoms with Gasteiger partial charge < -0.3 is 38.3 Å². The Balaban J connectivity index is 1.70. The van der Waals surface area contributed by atoms with Crippen LogP contribution >= 0.6 is 0 Å². The Bertz CT molecular complexity index is 1080. The molecule has 0 amide bonds. The summed E-state index contributed by atoms with van der Waals surface area (Å²) < 4.78 is 37.9. The highest BCUT2D eigenvalue weighted by Gasteiger charge is 2.20. The van der Waals surface area contributed by atoms with E-state index >= 15 is 0 Å². The summed E-state index contributed by atoms with van der Waals surface area (Å²) in [5, 5.41) is 12.2. The topological polar surface area (TPSA) is 84.8 Å². The van der Waals surface area contributed by atoms with Gasteiger partial charge in [0.05, 0.1) is 27.4 Å². The molecule has 31 heavy (non-hydrogen) atoms. The van der Waals surface area contributed by atoms with Gasteiger partial charge in [-0.05, 0) is 41.3 Å². The van der Waals surface area contributed by atoms with Crippen LogP contribution in [0, 0.1) is 0 Å². The second kappa shape index (κ2) is 9.20. The number of ether oxygens (including phenoxy) is 7. The third-order valence-electron chi connectivity index (χ3n) is 4.95. The van der Waals surface area contributed by atoms with Crippen LogP contribution in [0.3, 0.4) is 0 Å². The van der Waals surface area contributed by atoms with Crippen molar-refractivity contribution in [3.05, 3.63) is 36.4 Å². The molecule has 3 aromatic rings. The molecular weight excluding hydrogens is 404 g/mol. The summed E-state index contributed by atoms with van der Waals surface area (Å²) in [5.41, 5.74) is 1.54. The van der Waals surface area contributed by atoms with Crippen molar-refractivity contribution in [3.63, 3.8) is 0 Å². The predicted octanol–water partition coefficient (Wildman–Crippen LogP) is 3.96. The fraction of sp³-hybridized carbons (Fsp3) is 0.304. The molecule has 0 atom stereocenters. The van der Waals surface area contributed by atoms with Gasteiger partial charge in [-0.1, -0.05) is 0 Å². The molecular formula is C23H24O8. The zero-order valence-electron chi connectivity index (χ0n) is 17.6. The van der Waals surface area contributed by atoms with Crippen LogP contribution in [0.2, 0.25) is 0 Å². The van der Waals surface area contributed by atoms with Gasteiger partial charge in [0.1, 0.15) is 11.5 Å². The van der Waals surface area contributed by atoms with Crippen molar-refractivity contribution < 1.29 is 38.3 Å². The van der Waals surface area contributed by atoms with E-state index in [4.69, 9.17) is 33.2 Å². The highest BCUT2D eigenvalue weighted by Crippen LogP contribution is 2.45. The normalized spacial score (nSPS) is 12.2. The quantitative estimate of drug-likeness (QED) is 0.405. The lowest BCUT2D eigenvalue weighted by atomic mass is 9.98. The second-order valence-corrected chi connectivity index (χ2v) is 6.79. The molecule has 164 valence electrons. The van der Waals surface area contributed by atoms with E-state index in [1.807, 2.05) is 18.2 Å². The van der Waals surface area contributed by atoms with Crippen LogP contribution in [0.1, 0.15) is 0 Å². The van der Waals surface area contributed by atoms with Crippen molar-refractivity contribution in [2.75, 3.05) is 48.1 Å². The smallest absolute Gasteiger partial charge is 0.231 e. The summed E-state index contributed by atoms with van der Waals surface area (Å²) in [7, 11) is 4.75. The predicted molar refractivity (Wildman–Crippen MR) is 114 cm³/mol. The van der Waals surface area contributed by atoms with Gasteiger partial charge in [-0.25, -0.2) is 0 Å². The minimum Gasteiger partial charge on any atom is -0.507 e. The maximum atomic E-state index is 10.8. The molecule has 0 saturated heterocycles. The third kappa shape index (κ3) is 4.26. The van der Waals surface area contributed by atoms with Crippen LogP contribution in [-0.2, 0) is 9.47 Å². The Hall–Kier alpha value is -3.36. The van der Waals surface area contributed by atoms with E-state index in [1.54, 1.807) is 39.5 Å². The fourth-order valence-corrected chi connectivity index (χ4v) is 3.40. The SMILES string of the molecule is COCCOCOc1cc2c(O)cc(-c3cc4c(cc3OC)OCO4)cc2cc1OC. The van der Waals surface area contributed by atoms with Crippen LogP contribution in [0.4, 0.5) is 0 Å². The standard InChI is InChI=1S/C23H24O8/c1-25-4-5-28-12-29-21-9-16-15(8-20(21)27-3)6-14(7-18(16)24)17-10-22-23(31-13-30-22)11-19(17)26-2/h6-11,24H,4-5,12-13H2,1-3H3. The lowest BCUT2D eigenvalue weighted by Gasteiger charge is -2.15. The number of benzene rings is 3. The van der Waals surface area contributed by atoms with Crippen LogP contribution in [0.5, 0.6) is 34.5 Å². The first-order chi connectivity index (χ1) is 15.1. The lowest BCUT2D eigenvalue weighted by Crippen LogP contribution is -2.08. The van der Waals surface area contributed by atoms with Crippen molar-refractivity contribution >= 4 is 10.8 Å².